The number of H-pyrrole nitrogens is 1. The average Bonchev–Trinajstić information content (AvgIpc) is 2.40. The van der Waals surface area contributed by atoms with Crippen LogP contribution in [0.5, 0.6) is 0 Å². The number of hydrogen-bond acceptors (Lipinski definition) is 4. The van der Waals surface area contributed by atoms with E-state index in [1.807, 2.05) is 31.2 Å². The number of aromatic nitrogens is 2. The highest BCUT2D eigenvalue weighted by Crippen LogP contribution is 2.15. The van der Waals surface area contributed by atoms with Crippen molar-refractivity contribution in [1.82, 2.24) is 10.2 Å². The molecule has 0 atom stereocenters. The summed E-state index contributed by atoms with van der Waals surface area (Å²) in [5, 5.41) is 6.26. The van der Waals surface area contributed by atoms with Gasteiger partial charge in [0.15, 0.2) is 0 Å². The first-order chi connectivity index (χ1) is 9.13. The monoisotopic (exact) mass is 258 g/mol. The van der Waals surface area contributed by atoms with Crippen LogP contribution >= 0.6 is 0 Å². The zero-order chi connectivity index (χ0) is 13.8. The van der Waals surface area contributed by atoms with Crippen molar-refractivity contribution in [2.24, 2.45) is 0 Å². The molecule has 0 amide bonds. The van der Waals surface area contributed by atoms with E-state index in [9.17, 15) is 9.59 Å². The number of hydrogen-bond donors (Lipinski definition) is 1. The second-order valence-corrected chi connectivity index (χ2v) is 4.06. The number of aryl methyl sites for hydroxylation is 1. The van der Waals surface area contributed by atoms with Gasteiger partial charge >= 0.3 is 5.97 Å². The van der Waals surface area contributed by atoms with Gasteiger partial charge in [0.05, 0.1) is 6.61 Å². The first-order valence-electron chi connectivity index (χ1n) is 5.95. The second kappa shape index (κ2) is 5.48. The molecule has 0 fully saturated rings. The molecule has 0 spiro atoms. The van der Waals surface area contributed by atoms with Crippen molar-refractivity contribution in [3.05, 3.63) is 51.9 Å². The van der Waals surface area contributed by atoms with Gasteiger partial charge in [-0.3, -0.25) is 9.89 Å². The van der Waals surface area contributed by atoms with Crippen LogP contribution in [0, 0.1) is 6.92 Å². The third-order valence-electron chi connectivity index (χ3n) is 2.68. The van der Waals surface area contributed by atoms with Gasteiger partial charge in [0.2, 0.25) is 11.1 Å². The molecule has 0 aliphatic carbocycles. The molecule has 1 N–H and O–H groups in total. The fourth-order valence-corrected chi connectivity index (χ4v) is 1.69. The minimum absolute atomic E-state index is 0.203. The van der Waals surface area contributed by atoms with Crippen LogP contribution in [0.1, 0.15) is 23.0 Å². The quantitative estimate of drug-likeness (QED) is 0.854. The van der Waals surface area contributed by atoms with Crippen LogP contribution in [0.4, 0.5) is 0 Å². The molecule has 1 aromatic heterocycles. The first-order valence-corrected chi connectivity index (χ1v) is 5.95. The normalized spacial score (nSPS) is 10.2. The Labute approximate surface area is 110 Å². The molecule has 0 bridgehead atoms. The Morgan fingerprint density at radius 2 is 2.00 bits per heavy atom. The summed E-state index contributed by atoms with van der Waals surface area (Å²) in [6, 6.07) is 7.46. The number of carbonyl (C=O) groups is 1. The van der Waals surface area contributed by atoms with E-state index < -0.39 is 11.4 Å². The van der Waals surface area contributed by atoms with Gasteiger partial charge in [-0.15, -0.1) is 0 Å². The van der Waals surface area contributed by atoms with E-state index >= 15 is 0 Å². The summed E-state index contributed by atoms with van der Waals surface area (Å²) < 4.78 is 4.80. The van der Waals surface area contributed by atoms with E-state index in [4.69, 9.17) is 4.74 Å². The molecule has 0 unspecified atom stereocenters. The molecular weight excluding hydrogens is 244 g/mol. The third kappa shape index (κ3) is 2.70. The first kappa shape index (κ1) is 13.0. The van der Waals surface area contributed by atoms with E-state index in [1.165, 1.54) is 6.20 Å². The van der Waals surface area contributed by atoms with Crippen molar-refractivity contribution < 1.29 is 9.53 Å². The fourth-order valence-electron chi connectivity index (χ4n) is 1.69. The highest BCUT2D eigenvalue weighted by Gasteiger charge is 2.16. The lowest BCUT2D eigenvalue weighted by molar-refractivity contribution is 0.0516. The van der Waals surface area contributed by atoms with Crippen molar-refractivity contribution in [1.29, 1.82) is 0 Å². The molecular formula is C14H14N2O3. The molecule has 0 aliphatic rings. The van der Waals surface area contributed by atoms with Gasteiger partial charge in [0.1, 0.15) is 0 Å². The molecule has 0 saturated heterocycles. The highest BCUT2D eigenvalue weighted by molar-refractivity contribution is 5.88. The molecule has 5 nitrogen and oxygen atoms in total. The third-order valence-corrected chi connectivity index (χ3v) is 2.68. The Bertz CT molecular complexity index is 644. The van der Waals surface area contributed by atoms with Crippen molar-refractivity contribution in [2.45, 2.75) is 13.8 Å². The summed E-state index contributed by atoms with van der Waals surface area (Å²) in [4.78, 5) is 23.8. The van der Waals surface area contributed by atoms with Gasteiger partial charge in [-0.05, 0) is 19.4 Å². The summed E-state index contributed by atoms with van der Waals surface area (Å²) in [6.45, 7) is 3.84. The van der Waals surface area contributed by atoms with Crippen molar-refractivity contribution in [3.8, 4) is 11.1 Å². The van der Waals surface area contributed by atoms with Crippen LogP contribution in [0.15, 0.2) is 35.3 Å². The Kier molecular flexibility index (Phi) is 3.75. The number of esters is 1. The molecule has 0 saturated carbocycles. The molecule has 0 aliphatic heterocycles. The molecule has 0 radical (unpaired) electrons. The summed E-state index contributed by atoms with van der Waals surface area (Å²) in [5.41, 5.74) is 1.58. The molecule has 1 aromatic carbocycles. The van der Waals surface area contributed by atoms with Crippen LogP contribution in [0.3, 0.4) is 0 Å². The Hall–Kier alpha value is -2.43. The van der Waals surface area contributed by atoms with Crippen LogP contribution < -0.4 is 5.43 Å². The van der Waals surface area contributed by atoms with Crippen LogP contribution in [0.2, 0.25) is 0 Å². The van der Waals surface area contributed by atoms with Gasteiger partial charge in [0.25, 0.3) is 0 Å². The van der Waals surface area contributed by atoms with Crippen LogP contribution in [0.25, 0.3) is 11.1 Å². The number of benzene rings is 1. The van der Waals surface area contributed by atoms with Crippen molar-refractivity contribution in [2.75, 3.05) is 6.61 Å². The summed E-state index contributed by atoms with van der Waals surface area (Å²) in [5.74, 6) is -0.710. The minimum atomic E-state index is -0.710. The van der Waals surface area contributed by atoms with Gasteiger partial charge in [-0.2, -0.15) is 5.10 Å². The SMILES string of the molecule is CCOC(=O)c1n[nH]cc(-c2ccc(C)cc2)c1=O. The maximum atomic E-state index is 12.2. The lowest BCUT2D eigenvalue weighted by atomic mass is 10.1. The number of carbonyl (C=O) groups excluding carboxylic acids is 1. The van der Waals surface area contributed by atoms with E-state index in [0.29, 0.717) is 5.56 Å². The summed E-state index contributed by atoms with van der Waals surface area (Å²) >= 11 is 0. The van der Waals surface area contributed by atoms with Crippen molar-refractivity contribution >= 4 is 5.97 Å². The average molecular weight is 258 g/mol. The van der Waals surface area contributed by atoms with Gasteiger partial charge in [-0.1, -0.05) is 29.8 Å². The molecule has 19 heavy (non-hydrogen) atoms. The number of nitrogens with zero attached hydrogens (tertiary/aromatic N) is 1. The smallest absolute Gasteiger partial charge is 0.362 e. The Balaban J connectivity index is 2.48. The summed E-state index contributed by atoms with van der Waals surface area (Å²) in [6.07, 6.45) is 1.48. The number of ether oxygens (including phenoxy) is 1. The van der Waals surface area contributed by atoms with Crippen LogP contribution in [-0.4, -0.2) is 22.8 Å². The summed E-state index contributed by atoms with van der Waals surface area (Å²) in [7, 11) is 0. The largest absolute Gasteiger partial charge is 0.461 e. The molecule has 5 heteroatoms. The van der Waals surface area contributed by atoms with Crippen molar-refractivity contribution in [3.63, 3.8) is 0 Å². The van der Waals surface area contributed by atoms with Gasteiger partial charge in [-0.25, -0.2) is 4.79 Å². The van der Waals surface area contributed by atoms with E-state index in [1.54, 1.807) is 6.92 Å². The Morgan fingerprint density at radius 3 is 2.63 bits per heavy atom. The minimum Gasteiger partial charge on any atom is -0.461 e. The second-order valence-electron chi connectivity index (χ2n) is 4.06. The van der Waals surface area contributed by atoms with Gasteiger partial charge in [0, 0.05) is 11.8 Å². The molecule has 98 valence electrons. The maximum absolute atomic E-state index is 12.2. The van der Waals surface area contributed by atoms with Gasteiger partial charge < -0.3 is 4.74 Å². The number of nitrogens with one attached hydrogen (secondary N) is 1. The zero-order valence-electron chi connectivity index (χ0n) is 10.8. The lowest BCUT2D eigenvalue weighted by Gasteiger charge is -2.04. The number of rotatable bonds is 3. The van der Waals surface area contributed by atoms with E-state index in [0.717, 1.165) is 11.1 Å². The highest BCUT2D eigenvalue weighted by atomic mass is 16.5. The zero-order valence-corrected chi connectivity index (χ0v) is 10.8. The standard InChI is InChI=1S/C14H14N2O3/c1-3-19-14(18)12-13(17)11(8-15-16-12)10-6-4-9(2)5-7-10/h4-8H,3H2,1-2H3,(H,15,17). The molecule has 2 aromatic rings. The fraction of sp³-hybridized carbons (Fsp3) is 0.214. The predicted molar refractivity (Wildman–Crippen MR) is 71.0 cm³/mol. The van der Waals surface area contributed by atoms with Crippen LogP contribution in [-0.2, 0) is 4.74 Å². The lowest BCUT2D eigenvalue weighted by Crippen LogP contribution is -2.21. The van der Waals surface area contributed by atoms with E-state index in [2.05, 4.69) is 10.2 Å². The number of aromatic amines is 1. The molecule has 1 heterocycles. The predicted octanol–water partition coefficient (Wildman–Crippen LogP) is 1.92. The maximum Gasteiger partial charge on any atom is 0.362 e. The topological polar surface area (TPSA) is 72.0 Å². The Morgan fingerprint density at radius 1 is 1.32 bits per heavy atom. The molecule has 2 rings (SSSR count). The van der Waals surface area contributed by atoms with E-state index in [-0.39, 0.29) is 12.3 Å².